The van der Waals surface area contributed by atoms with Crippen molar-refractivity contribution in [3.63, 3.8) is 0 Å². The molecule has 2 saturated carbocycles. The Bertz CT molecular complexity index is 1080. The van der Waals surface area contributed by atoms with Crippen LogP contribution >= 0.6 is 0 Å². The summed E-state index contributed by atoms with van der Waals surface area (Å²) in [6, 6.07) is 4.60. The zero-order chi connectivity index (χ0) is 24.7. The Balaban J connectivity index is 1.32. The van der Waals surface area contributed by atoms with E-state index in [1.54, 1.807) is 10.7 Å². The van der Waals surface area contributed by atoms with Gasteiger partial charge >= 0.3 is 6.09 Å². The number of aromatic nitrogens is 3. The molecule has 0 atom stereocenters. The Hall–Kier alpha value is -3.17. The fraction of sp³-hybridized carbons (Fsp3) is 0.583. The number of carbonyl (C=O) groups is 2. The highest BCUT2D eigenvalue weighted by molar-refractivity contribution is 6.07. The molecule has 0 bridgehead atoms. The van der Waals surface area contributed by atoms with Crippen LogP contribution in [0.4, 0.5) is 20.8 Å². The van der Waals surface area contributed by atoms with Gasteiger partial charge in [0.25, 0.3) is 5.91 Å². The lowest BCUT2D eigenvalue weighted by Crippen LogP contribution is -2.59. The Morgan fingerprint density at radius 2 is 1.88 bits per heavy atom. The van der Waals surface area contributed by atoms with Crippen LogP contribution in [0.25, 0.3) is 0 Å². The summed E-state index contributed by atoms with van der Waals surface area (Å²) in [4.78, 5) is 28.8. The smallest absolute Gasteiger partial charge is 0.407 e. The first kappa shape index (κ1) is 24.0. The Morgan fingerprint density at radius 1 is 1.21 bits per heavy atom. The first-order valence-corrected chi connectivity index (χ1v) is 11.7. The van der Waals surface area contributed by atoms with Gasteiger partial charge in [0.05, 0.1) is 5.56 Å². The van der Waals surface area contributed by atoms with Gasteiger partial charge in [0.1, 0.15) is 11.4 Å². The van der Waals surface area contributed by atoms with E-state index in [1.165, 1.54) is 12.1 Å². The Kier molecular flexibility index (Phi) is 6.26. The second-order valence-corrected chi connectivity index (χ2v) is 10.5. The third kappa shape index (κ3) is 5.31. The SMILES string of the molecule is CCn1nc(NC(=O)c2ccc(F)nc2NC2CC3(CC(NC(=O)OC(C)(C)C)C3)C2)cc1C. The van der Waals surface area contributed by atoms with E-state index in [1.807, 2.05) is 34.6 Å². The number of amides is 2. The zero-order valence-electron chi connectivity index (χ0n) is 20.4. The van der Waals surface area contributed by atoms with Crippen molar-refractivity contribution in [1.29, 1.82) is 0 Å². The molecule has 0 aliphatic heterocycles. The summed E-state index contributed by atoms with van der Waals surface area (Å²) in [7, 11) is 0. The van der Waals surface area contributed by atoms with Crippen molar-refractivity contribution in [3.8, 4) is 0 Å². The molecule has 2 amide bonds. The van der Waals surface area contributed by atoms with Gasteiger partial charge in [0.15, 0.2) is 5.82 Å². The van der Waals surface area contributed by atoms with Gasteiger partial charge in [0.2, 0.25) is 5.95 Å². The molecule has 2 aromatic heterocycles. The molecule has 34 heavy (non-hydrogen) atoms. The van der Waals surface area contributed by atoms with Crippen molar-refractivity contribution in [2.45, 2.75) is 84.5 Å². The number of ether oxygens (including phenoxy) is 1. The van der Waals surface area contributed by atoms with E-state index in [0.717, 1.165) is 31.4 Å². The molecule has 2 aliphatic rings. The summed E-state index contributed by atoms with van der Waals surface area (Å²) in [5.74, 6) is -0.369. The summed E-state index contributed by atoms with van der Waals surface area (Å²) in [6.07, 6.45) is 3.12. The lowest BCUT2D eigenvalue weighted by molar-refractivity contribution is -0.0179. The quantitative estimate of drug-likeness (QED) is 0.543. The van der Waals surface area contributed by atoms with Crippen molar-refractivity contribution in [3.05, 3.63) is 35.4 Å². The summed E-state index contributed by atoms with van der Waals surface area (Å²) < 4.78 is 21.0. The van der Waals surface area contributed by atoms with Crippen LogP contribution in [0.1, 0.15) is 69.4 Å². The number of nitrogens with zero attached hydrogens (tertiary/aromatic N) is 3. The number of hydrogen-bond acceptors (Lipinski definition) is 6. The van der Waals surface area contributed by atoms with Gasteiger partial charge in [-0.3, -0.25) is 9.48 Å². The van der Waals surface area contributed by atoms with Crippen LogP contribution in [-0.4, -0.2) is 44.4 Å². The monoisotopic (exact) mass is 472 g/mol. The molecule has 0 aromatic carbocycles. The van der Waals surface area contributed by atoms with Crippen LogP contribution in [0, 0.1) is 18.3 Å². The highest BCUT2D eigenvalue weighted by atomic mass is 19.1. The molecule has 184 valence electrons. The molecule has 2 heterocycles. The standard InChI is InChI=1S/C24H33FN6O3/c1-6-31-14(2)9-19(30-31)29-21(32)17-7-8-18(25)28-20(17)26-15-10-24(11-15)12-16(13-24)27-22(33)34-23(3,4)5/h7-9,15-16H,6,10-13H2,1-5H3,(H,26,28)(H,27,33)(H,29,30,32). The molecule has 0 radical (unpaired) electrons. The van der Waals surface area contributed by atoms with Crippen molar-refractivity contribution in [2.24, 2.45) is 5.41 Å². The van der Waals surface area contributed by atoms with Crippen molar-refractivity contribution < 1.29 is 18.7 Å². The number of halogens is 1. The minimum Gasteiger partial charge on any atom is -0.444 e. The van der Waals surface area contributed by atoms with Gasteiger partial charge < -0.3 is 20.7 Å². The van der Waals surface area contributed by atoms with Crippen molar-refractivity contribution in [2.75, 3.05) is 10.6 Å². The maximum absolute atomic E-state index is 13.9. The molecule has 3 N–H and O–H groups in total. The summed E-state index contributed by atoms with van der Waals surface area (Å²) in [5, 5.41) is 13.3. The lowest BCUT2D eigenvalue weighted by atomic mass is 9.52. The van der Waals surface area contributed by atoms with Gasteiger partial charge in [-0.15, -0.1) is 0 Å². The third-order valence-electron chi connectivity index (χ3n) is 6.41. The van der Waals surface area contributed by atoms with Gasteiger partial charge in [-0.05, 0) is 77.8 Å². The predicted molar refractivity (Wildman–Crippen MR) is 126 cm³/mol. The van der Waals surface area contributed by atoms with E-state index in [0.29, 0.717) is 12.4 Å². The number of pyridine rings is 1. The predicted octanol–water partition coefficient (Wildman–Crippen LogP) is 4.25. The van der Waals surface area contributed by atoms with Crippen LogP contribution in [0.3, 0.4) is 0 Å². The first-order valence-electron chi connectivity index (χ1n) is 11.7. The van der Waals surface area contributed by atoms with E-state index in [9.17, 15) is 14.0 Å². The van der Waals surface area contributed by atoms with Crippen molar-refractivity contribution in [1.82, 2.24) is 20.1 Å². The fourth-order valence-corrected chi connectivity index (χ4v) is 4.98. The van der Waals surface area contributed by atoms with Crippen LogP contribution in [0.5, 0.6) is 0 Å². The highest BCUT2D eigenvalue weighted by Crippen LogP contribution is 2.56. The van der Waals surface area contributed by atoms with Gasteiger partial charge in [-0.25, -0.2) is 9.78 Å². The summed E-state index contributed by atoms with van der Waals surface area (Å²) >= 11 is 0. The molecule has 1 spiro atoms. The fourth-order valence-electron chi connectivity index (χ4n) is 4.98. The summed E-state index contributed by atoms with van der Waals surface area (Å²) in [6.45, 7) is 10.1. The maximum atomic E-state index is 13.9. The van der Waals surface area contributed by atoms with E-state index >= 15 is 0 Å². The number of anilines is 2. The average Bonchev–Trinajstić information content (AvgIpc) is 3.02. The van der Waals surface area contributed by atoms with E-state index in [2.05, 4.69) is 26.0 Å². The number of hydrogen-bond donors (Lipinski definition) is 3. The number of rotatable bonds is 6. The Morgan fingerprint density at radius 3 is 2.50 bits per heavy atom. The number of aryl methyl sites for hydroxylation is 2. The molecule has 9 nitrogen and oxygen atoms in total. The largest absolute Gasteiger partial charge is 0.444 e. The lowest BCUT2D eigenvalue weighted by Gasteiger charge is -2.57. The third-order valence-corrected chi connectivity index (χ3v) is 6.41. The zero-order valence-corrected chi connectivity index (χ0v) is 20.4. The van der Waals surface area contributed by atoms with Crippen molar-refractivity contribution >= 4 is 23.6 Å². The highest BCUT2D eigenvalue weighted by Gasteiger charge is 2.53. The Labute approximate surface area is 198 Å². The molecule has 2 aromatic rings. The second-order valence-electron chi connectivity index (χ2n) is 10.5. The molecule has 10 heteroatoms. The number of nitrogens with one attached hydrogen (secondary N) is 3. The summed E-state index contributed by atoms with van der Waals surface area (Å²) in [5.41, 5.74) is 0.850. The molecule has 2 fully saturated rings. The maximum Gasteiger partial charge on any atom is 0.407 e. The molecule has 0 saturated heterocycles. The van der Waals surface area contributed by atoms with Gasteiger partial charge in [0, 0.05) is 30.4 Å². The minimum atomic E-state index is -0.649. The molecular weight excluding hydrogens is 439 g/mol. The molecule has 2 aliphatic carbocycles. The number of carbonyl (C=O) groups excluding carboxylic acids is 2. The normalized spacial score (nSPS) is 23.6. The number of alkyl carbamates (subject to hydrolysis) is 1. The average molecular weight is 473 g/mol. The minimum absolute atomic E-state index is 0.0878. The topological polar surface area (TPSA) is 110 Å². The van der Waals surface area contributed by atoms with Gasteiger partial charge in [-0.1, -0.05) is 0 Å². The van der Waals surface area contributed by atoms with Crippen LogP contribution in [0.15, 0.2) is 18.2 Å². The molecule has 0 unspecified atom stereocenters. The second kappa shape index (κ2) is 8.88. The van der Waals surface area contributed by atoms with Crippen LogP contribution in [-0.2, 0) is 11.3 Å². The molecule has 4 rings (SSSR count). The molecular formula is C24H33FN6O3. The first-order chi connectivity index (χ1) is 15.9. The van der Waals surface area contributed by atoms with E-state index in [4.69, 9.17) is 4.74 Å². The van der Waals surface area contributed by atoms with E-state index in [-0.39, 0.29) is 35.0 Å². The van der Waals surface area contributed by atoms with E-state index < -0.39 is 17.5 Å². The van der Waals surface area contributed by atoms with Crippen LogP contribution in [0.2, 0.25) is 0 Å². The van der Waals surface area contributed by atoms with Gasteiger partial charge in [-0.2, -0.15) is 9.49 Å². The van der Waals surface area contributed by atoms with Crippen LogP contribution < -0.4 is 16.0 Å².